The highest BCUT2D eigenvalue weighted by Crippen LogP contribution is 2.24. The number of carbonyl (C=O) groups excluding carboxylic acids is 1. The average molecular weight is 188 g/mol. The van der Waals surface area contributed by atoms with Crippen LogP contribution >= 0.6 is 0 Å². The molecule has 0 aromatic rings. The maximum absolute atomic E-state index is 11.1. The van der Waals surface area contributed by atoms with E-state index in [1.807, 2.05) is 18.2 Å². The molecule has 0 saturated heterocycles. The molecule has 1 rings (SSSR count). The maximum Gasteiger partial charge on any atom is 0.155 e. The fourth-order valence-electron chi connectivity index (χ4n) is 1.54. The van der Waals surface area contributed by atoms with E-state index in [0.717, 1.165) is 18.4 Å². The highest BCUT2D eigenvalue weighted by Gasteiger charge is 2.09. The van der Waals surface area contributed by atoms with Crippen LogP contribution in [0.2, 0.25) is 0 Å². The fourth-order valence-corrected chi connectivity index (χ4v) is 1.54. The summed E-state index contributed by atoms with van der Waals surface area (Å²) in [6.07, 6.45) is 9.58. The van der Waals surface area contributed by atoms with Crippen LogP contribution in [0.4, 0.5) is 0 Å². The van der Waals surface area contributed by atoms with Crippen molar-refractivity contribution in [2.75, 3.05) is 0 Å². The molecule has 0 atom stereocenters. The minimum absolute atomic E-state index is 0.186. The van der Waals surface area contributed by atoms with E-state index in [1.54, 1.807) is 13.0 Å². The first-order valence-electron chi connectivity index (χ1n) is 4.85. The lowest BCUT2D eigenvalue weighted by Crippen LogP contribution is -2.01. The molecular formula is C13H16O. The molecule has 1 heteroatoms. The smallest absolute Gasteiger partial charge is 0.155 e. The van der Waals surface area contributed by atoms with E-state index in [4.69, 9.17) is 0 Å². The number of carbonyl (C=O) groups is 1. The summed E-state index contributed by atoms with van der Waals surface area (Å²) in [7, 11) is 0. The van der Waals surface area contributed by atoms with Crippen molar-refractivity contribution in [3.63, 3.8) is 0 Å². The van der Waals surface area contributed by atoms with Crippen LogP contribution in [0.1, 0.15) is 26.7 Å². The summed E-state index contributed by atoms with van der Waals surface area (Å²) >= 11 is 0. The molecule has 0 N–H and O–H groups in total. The molecule has 0 aromatic heterocycles. The predicted octanol–water partition coefficient (Wildman–Crippen LogP) is 3.35. The lowest BCUT2D eigenvalue weighted by molar-refractivity contribution is -0.113. The van der Waals surface area contributed by atoms with Crippen molar-refractivity contribution in [1.82, 2.24) is 0 Å². The van der Waals surface area contributed by atoms with Crippen molar-refractivity contribution in [2.45, 2.75) is 26.7 Å². The lowest BCUT2D eigenvalue weighted by atomic mass is 9.92. The van der Waals surface area contributed by atoms with Crippen LogP contribution in [0.3, 0.4) is 0 Å². The average Bonchev–Trinajstić information content (AvgIpc) is 2.18. The van der Waals surface area contributed by atoms with Gasteiger partial charge in [-0.2, -0.15) is 0 Å². The highest BCUT2D eigenvalue weighted by atomic mass is 16.1. The molecule has 0 unspecified atom stereocenters. The number of hydrogen-bond donors (Lipinski definition) is 0. The Labute approximate surface area is 85.5 Å². The van der Waals surface area contributed by atoms with Gasteiger partial charge in [0.05, 0.1) is 0 Å². The molecule has 1 nitrogen and oxygen atoms in total. The Kier molecular flexibility index (Phi) is 3.63. The van der Waals surface area contributed by atoms with E-state index in [2.05, 4.69) is 13.5 Å². The Bertz CT molecular complexity index is 340. The first-order chi connectivity index (χ1) is 6.65. The topological polar surface area (TPSA) is 17.1 Å². The Morgan fingerprint density at radius 2 is 1.86 bits per heavy atom. The molecule has 0 bridgehead atoms. The molecule has 74 valence electrons. The van der Waals surface area contributed by atoms with Crippen LogP contribution in [-0.4, -0.2) is 5.78 Å². The van der Waals surface area contributed by atoms with Gasteiger partial charge in [0, 0.05) is 0 Å². The highest BCUT2D eigenvalue weighted by molar-refractivity contribution is 5.93. The fraction of sp³-hybridized carbons (Fsp3) is 0.308. The molecule has 0 spiro atoms. The summed E-state index contributed by atoms with van der Waals surface area (Å²) in [6.45, 7) is 7.36. The van der Waals surface area contributed by atoms with Gasteiger partial charge >= 0.3 is 0 Å². The molecule has 0 fully saturated rings. The van der Waals surface area contributed by atoms with Gasteiger partial charge in [0.15, 0.2) is 5.78 Å². The van der Waals surface area contributed by atoms with E-state index in [1.165, 1.54) is 11.1 Å². The molecular weight excluding hydrogens is 172 g/mol. The molecule has 0 aliphatic heterocycles. The zero-order valence-electron chi connectivity index (χ0n) is 8.84. The number of rotatable bonds is 3. The predicted molar refractivity (Wildman–Crippen MR) is 60.0 cm³/mol. The quantitative estimate of drug-likeness (QED) is 0.621. The monoisotopic (exact) mass is 188 g/mol. The number of hydrogen-bond acceptors (Lipinski definition) is 1. The van der Waals surface area contributed by atoms with Crippen molar-refractivity contribution in [2.24, 2.45) is 0 Å². The van der Waals surface area contributed by atoms with E-state index >= 15 is 0 Å². The number of ketones is 1. The molecule has 0 aromatic carbocycles. The second kappa shape index (κ2) is 4.75. The third-order valence-electron chi connectivity index (χ3n) is 2.48. The van der Waals surface area contributed by atoms with Crippen LogP contribution in [0.15, 0.2) is 47.6 Å². The normalized spacial score (nSPS) is 17.1. The molecule has 0 saturated carbocycles. The van der Waals surface area contributed by atoms with Crippen LogP contribution in [0.5, 0.6) is 0 Å². The van der Waals surface area contributed by atoms with Crippen molar-refractivity contribution >= 4 is 5.78 Å². The van der Waals surface area contributed by atoms with E-state index in [-0.39, 0.29) is 5.78 Å². The van der Waals surface area contributed by atoms with Gasteiger partial charge in [-0.1, -0.05) is 30.9 Å². The molecule has 0 heterocycles. The van der Waals surface area contributed by atoms with Gasteiger partial charge in [-0.15, -0.1) is 0 Å². The standard InChI is InChI=1S/C13H16O/c1-4-5-10(2)12-6-8-13(9-7-12)11(3)14/h4-6,8H,1,7,9H2,2-3H3/b10-5+. The van der Waals surface area contributed by atoms with Crippen molar-refractivity contribution in [3.8, 4) is 0 Å². The summed E-state index contributed by atoms with van der Waals surface area (Å²) in [6, 6.07) is 0. The van der Waals surface area contributed by atoms with E-state index < -0.39 is 0 Å². The van der Waals surface area contributed by atoms with Gasteiger partial charge < -0.3 is 0 Å². The zero-order chi connectivity index (χ0) is 10.6. The molecule has 0 amide bonds. The largest absolute Gasteiger partial charge is 0.295 e. The van der Waals surface area contributed by atoms with Crippen LogP contribution in [0.25, 0.3) is 0 Å². The minimum Gasteiger partial charge on any atom is -0.295 e. The SMILES string of the molecule is C=C/C=C(\C)C1=CC=C(C(C)=O)CC1. The van der Waals surface area contributed by atoms with Gasteiger partial charge in [-0.3, -0.25) is 4.79 Å². The van der Waals surface area contributed by atoms with Crippen molar-refractivity contribution in [3.05, 3.63) is 47.6 Å². The Balaban J connectivity index is 2.83. The summed E-state index contributed by atoms with van der Waals surface area (Å²) in [5.74, 6) is 0.186. The number of Topliss-reactive ketones (excluding diaryl/α,β-unsaturated/α-hetero) is 1. The second-order valence-corrected chi connectivity index (χ2v) is 3.53. The van der Waals surface area contributed by atoms with Gasteiger partial charge in [0.1, 0.15) is 0 Å². The Hall–Kier alpha value is -1.37. The zero-order valence-corrected chi connectivity index (χ0v) is 8.84. The third kappa shape index (κ3) is 2.56. The van der Waals surface area contributed by atoms with Crippen molar-refractivity contribution in [1.29, 1.82) is 0 Å². The summed E-state index contributed by atoms with van der Waals surface area (Å²) in [5, 5.41) is 0. The summed E-state index contributed by atoms with van der Waals surface area (Å²) < 4.78 is 0. The molecule has 14 heavy (non-hydrogen) atoms. The maximum atomic E-state index is 11.1. The molecule has 1 aliphatic rings. The molecule has 0 radical (unpaired) electrons. The van der Waals surface area contributed by atoms with Crippen LogP contribution < -0.4 is 0 Å². The third-order valence-corrected chi connectivity index (χ3v) is 2.48. The van der Waals surface area contributed by atoms with Gasteiger partial charge in [0.2, 0.25) is 0 Å². The van der Waals surface area contributed by atoms with E-state index in [0.29, 0.717) is 0 Å². The van der Waals surface area contributed by atoms with Gasteiger partial charge in [-0.05, 0) is 43.4 Å². The van der Waals surface area contributed by atoms with Gasteiger partial charge in [0.25, 0.3) is 0 Å². The van der Waals surface area contributed by atoms with Crippen molar-refractivity contribution < 1.29 is 4.79 Å². The number of allylic oxidation sites excluding steroid dienone is 7. The van der Waals surface area contributed by atoms with Crippen LogP contribution in [-0.2, 0) is 4.79 Å². The van der Waals surface area contributed by atoms with E-state index in [9.17, 15) is 4.79 Å². The molecule has 1 aliphatic carbocycles. The Morgan fingerprint density at radius 1 is 1.29 bits per heavy atom. The van der Waals surface area contributed by atoms with Gasteiger partial charge in [-0.25, -0.2) is 0 Å². The minimum atomic E-state index is 0.186. The summed E-state index contributed by atoms with van der Waals surface area (Å²) in [4.78, 5) is 11.1. The first kappa shape index (κ1) is 10.7. The van der Waals surface area contributed by atoms with Crippen LogP contribution in [0, 0.1) is 0 Å². The first-order valence-corrected chi connectivity index (χ1v) is 4.85. The second-order valence-electron chi connectivity index (χ2n) is 3.53. The lowest BCUT2D eigenvalue weighted by Gasteiger charge is -2.12. The summed E-state index contributed by atoms with van der Waals surface area (Å²) in [5.41, 5.74) is 3.47. The Morgan fingerprint density at radius 3 is 2.29 bits per heavy atom.